The van der Waals surface area contributed by atoms with Crippen molar-refractivity contribution in [3.8, 4) is 0 Å². The molecular weight excluding hydrogens is 270 g/mol. The monoisotopic (exact) mass is 281 g/mol. The smallest absolute Gasteiger partial charge is 0.257 e. The van der Waals surface area contributed by atoms with Gasteiger partial charge in [-0.25, -0.2) is 4.98 Å². The van der Waals surface area contributed by atoms with E-state index in [4.69, 9.17) is 4.42 Å². The highest BCUT2D eigenvalue weighted by Crippen LogP contribution is 2.35. The maximum atomic E-state index is 12.3. The number of oxazole rings is 1. The number of aromatic nitrogens is 1. The van der Waals surface area contributed by atoms with Crippen LogP contribution in [0.15, 0.2) is 58.2 Å². The molecule has 0 saturated carbocycles. The Bertz CT molecular complexity index is 776. The summed E-state index contributed by atoms with van der Waals surface area (Å²) in [5, 5.41) is 0.442. The predicted octanol–water partition coefficient (Wildman–Crippen LogP) is 3.73. The molecule has 3 nitrogen and oxygen atoms in total. The Kier molecular flexibility index (Phi) is 2.63. The summed E-state index contributed by atoms with van der Waals surface area (Å²) in [6.45, 7) is 0. The fourth-order valence-electron chi connectivity index (χ4n) is 2.52. The first kappa shape index (κ1) is 11.7. The van der Waals surface area contributed by atoms with Gasteiger partial charge in [-0.05, 0) is 24.1 Å². The number of hydrogen-bond acceptors (Lipinski definition) is 4. The molecule has 1 unspecified atom stereocenters. The number of nitrogens with zero attached hydrogens (tertiary/aromatic N) is 1. The second-order valence-electron chi connectivity index (χ2n) is 4.78. The molecule has 2 aromatic carbocycles. The van der Waals surface area contributed by atoms with Crippen molar-refractivity contribution >= 4 is 28.6 Å². The van der Waals surface area contributed by atoms with Gasteiger partial charge >= 0.3 is 0 Å². The van der Waals surface area contributed by atoms with Crippen molar-refractivity contribution in [2.24, 2.45) is 0 Å². The molecule has 98 valence electrons. The average Bonchev–Trinajstić information content (AvgIpc) is 3.01. The molecule has 1 aromatic heterocycles. The zero-order valence-electron chi connectivity index (χ0n) is 10.6. The van der Waals surface area contributed by atoms with Gasteiger partial charge in [0.1, 0.15) is 5.52 Å². The Morgan fingerprint density at radius 3 is 2.75 bits per heavy atom. The third kappa shape index (κ3) is 1.84. The van der Waals surface area contributed by atoms with E-state index in [0.717, 1.165) is 28.6 Å². The van der Waals surface area contributed by atoms with Crippen LogP contribution in [-0.2, 0) is 6.42 Å². The molecule has 20 heavy (non-hydrogen) atoms. The van der Waals surface area contributed by atoms with Crippen molar-refractivity contribution < 1.29 is 9.21 Å². The largest absolute Gasteiger partial charge is 0.431 e. The van der Waals surface area contributed by atoms with Gasteiger partial charge < -0.3 is 4.42 Å². The van der Waals surface area contributed by atoms with Crippen LogP contribution >= 0.6 is 11.8 Å². The van der Waals surface area contributed by atoms with Crippen molar-refractivity contribution in [3.63, 3.8) is 0 Å². The number of Topliss-reactive ketones (excluding diaryl/α,β-unsaturated/α-hetero) is 1. The standard InChI is InChI=1S/C16H11NO2S/c18-15-11-6-2-1-5-10(11)9-14(15)20-16-17-12-7-3-4-8-13(12)19-16/h1-8,14H,9H2. The summed E-state index contributed by atoms with van der Waals surface area (Å²) in [6.07, 6.45) is 0.748. The van der Waals surface area contributed by atoms with E-state index in [9.17, 15) is 4.79 Å². The normalized spacial score (nSPS) is 17.6. The summed E-state index contributed by atoms with van der Waals surface area (Å²) in [7, 11) is 0. The van der Waals surface area contributed by atoms with Crippen LogP contribution in [0.4, 0.5) is 0 Å². The maximum Gasteiger partial charge on any atom is 0.257 e. The Morgan fingerprint density at radius 2 is 1.90 bits per heavy atom. The molecule has 3 aromatic rings. The number of fused-ring (bicyclic) bond motifs is 2. The molecule has 0 spiro atoms. The number of para-hydroxylation sites is 2. The highest BCUT2D eigenvalue weighted by Gasteiger charge is 2.32. The third-order valence-electron chi connectivity index (χ3n) is 3.50. The number of rotatable bonds is 2. The van der Waals surface area contributed by atoms with Gasteiger partial charge in [0, 0.05) is 5.56 Å². The highest BCUT2D eigenvalue weighted by molar-refractivity contribution is 8.00. The molecule has 1 atom stereocenters. The molecule has 0 amide bonds. The fourth-order valence-corrected chi connectivity index (χ4v) is 3.55. The second-order valence-corrected chi connectivity index (χ2v) is 5.93. The molecule has 1 heterocycles. The molecular formula is C16H11NO2S. The molecule has 1 aliphatic rings. The third-order valence-corrected chi connectivity index (χ3v) is 4.54. The van der Waals surface area contributed by atoms with Gasteiger partial charge in [0.25, 0.3) is 5.22 Å². The molecule has 0 aliphatic heterocycles. The minimum atomic E-state index is -0.125. The lowest BCUT2D eigenvalue weighted by Crippen LogP contribution is -2.10. The van der Waals surface area contributed by atoms with E-state index in [-0.39, 0.29) is 11.0 Å². The van der Waals surface area contributed by atoms with Gasteiger partial charge in [-0.1, -0.05) is 48.2 Å². The lowest BCUT2D eigenvalue weighted by Gasteiger charge is -2.02. The molecule has 1 aliphatic carbocycles. The summed E-state index contributed by atoms with van der Waals surface area (Å²) in [4.78, 5) is 16.7. The SMILES string of the molecule is O=C1c2ccccc2CC1Sc1nc2ccccc2o1. The van der Waals surface area contributed by atoms with Gasteiger partial charge in [0.15, 0.2) is 11.4 Å². The first-order chi connectivity index (χ1) is 9.81. The van der Waals surface area contributed by atoms with E-state index in [2.05, 4.69) is 4.98 Å². The highest BCUT2D eigenvalue weighted by atomic mass is 32.2. The number of carbonyl (C=O) groups is 1. The van der Waals surface area contributed by atoms with Gasteiger partial charge in [-0.15, -0.1) is 0 Å². The van der Waals surface area contributed by atoms with Crippen LogP contribution in [0.2, 0.25) is 0 Å². The topological polar surface area (TPSA) is 43.1 Å². The minimum absolute atomic E-state index is 0.125. The van der Waals surface area contributed by atoms with Crippen molar-refractivity contribution in [2.75, 3.05) is 0 Å². The van der Waals surface area contributed by atoms with Crippen molar-refractivity contribution in [3.05, 3.63) is 59.7 Å². The van der Waals surface area contributed by atoms with Crippen LogP contribution in [0.3, 0.4) is 0 Å². The predicted molar refractivity (Wildman–Crippen MR) is 78.1 cm³/mol. The van der Waals surface area contributed by atoms with Gasteiger partial charge in [0.2, 0.25) is 0 Å². The van der Waals surface area contributed by atoms with Crippen molar-refractivity contribution in [1.82, 2.24) is 4.98 Å². The number of ketones is 1. The summed E-state index contributed by atoms with van der Waals surface area (Å²) >= 11 is 1.41. The summed E-state index contributed by atoms with van der Waals surface area (Å²) in [5.74, 6) is 0.174. The second kappa shape index (κ2) is 4.49. The molecule has 0 bridgehead atoms. The minimum Gasteiger partial charge on any atom is -0.431 e. The van der Waals surface area contributed by atoms with Crippen LogP contribution in [-0.4, -0.2) is 16.0 Å². The zero-order valence-corrected chi connectivity index (χ0v) is 11.4. The summed E-state index contributed by atoms with van der Waals surface area (Å²) < 4.78 is 5.68. The Hall–Kier alpha value is -2.07. The van der Waals surface area contributed by atoms with E-state index in [1.807, 2.05) is 48.5 Å². The first-order valence-corrected chi connectivity index (χ1v) is 7.33. The van der Waals surface area contributed by atoms with E-state index in [0.29, 0.717) is 5.22 Å². The van der Waals surface area contributed by atoms with E-state index < -0.39 is 0 Å². The van der Waals surface area contributed by atoms with Gasteiger partial charge in [0.05, 0.1) is 5.25 Å². The number of carbonyl (C=O) groups excluding carboxylic acids is 1. The summed E-state index contributed by atoms with van der Waals surface area (Å²) in [5.41, 5.74) is 3.54. The number of hydrogen-bond donors (Lipinski definition) is 0. The first-order valence-electron chi connectivity index (χ1n) is 6.45. The maximum absolute atomic E-state index is 12.3. The van der Waals surface area contributed by atoms with Crippen molar-refractivity contribution in [2.45, 2.75) is 16.9 Å². The Morgan fingerprint density at radius 1 is 1.10 bits per heavy atom. The van der Waals surface area contributed by atoms with E-state index in [1.165, 1.54) is 11.8 Å². The van der Waals surface area contributed by atoms with Crippen LogP contribution in [0.5, 0.6) is 0 Å². The molecule has 0 fully saturated rings. The number of thioether (sulfide) groups is 1. The van der Waals surface area contributed by atoms with Crippen LogP contribution < -0.4 is 0 Å². The fraction of sp³-hybridized carbons (Fsp3) is 0.125. The van der Waals surface area contributed by atoms with Crippen LogP contribution in [0.1, 0.15) is 15.9 Å². The van der Waals surface area contributed by atoms with Crippen molar-refractivity contribution in [1.29, 1.82) is 0 Å². The number of benzene rings is 2. The van der Waals surface area contributed by atoms with Gasteiger partial charge in [-0.2, -0.15) is 0 Å². The Labute approximate surface area is 120 Å². The summed E-state index contributed by atoms with van der Waals surface area (Å²) in [6, 6.07) is 15.4. The van der Waals surface area contributed by atoms with Crippen LogP contribution in [0, 0.1) is 0 Å². The molecule has 0 radical (unpaired) electrons. The zero-order chi connectivity index (χ0) is 13.5. The van der Waals surface area contributed by atoms with Crippen LogP contribution in [0.25, 0.3) is 11.1 Å². The Balaban J connectivity index is 1.63. The van der Waals surface area contributed by atoms with E-state index in [1.54, 1.807) is 0 Å². The lowest BCUT2D eigenvalue weighted by molar-refractivity contribution is 0.1000. The molecule has 4 rings (SSSR count). The lowest BCUT2D eigenvalue weighted by atomic mass is 10.1. The van der Waals surface area contributed by atoms with E-state index >= 15 is 0 Å². The quantitative estimate of drug-likeness (QED) is 0.718. The average molecular weight is 281 g/mol. The molecule has 0 N–H and O–H groups in total. The van der Waals surface area contributed by atoms with Gasteiger partial charge in [-0.3, -0.25) is 4.79 Å². The molecule has 4 heteroatoms. The molecule has 0 saturated heterocycles.